The molecule has 0 aliphatic carbocycles. The minimum Gasteiger partial charge on any atom is -0.462 e. The van der Waals surface area contributed by atoms with Gasteiger partial charge in [0.1, 0.15) is 11.4 Å². The molecule has 0 unspecified atom stereocenters. The number of aromatic amines is 1. The lowest BCUT2D eigenvalue weighted by molar-refractivity contribution is 0.0523. The maximum absolute atomic E-state index is 11.3. The van der Waals surface area contributed by atoms with E-state index in [0.29, 0.717) is 12.2 Å². The predicted molar refractivity (Wildman–Crippen MR) is 50.2 cm³/mol. The van der Waals surface area contributed by atoms with E-state index >= 15 is 0 Å². The fourth-order valence-corrected chi connectivity index (χ4v) is 0.966. The summed E-state index contributed by atoms with van der Waals surface area (Å²) in [7, 11) is 0. The number of rotatable bonds is 3. The SMILES string of the molecule is CCOC(=O)c1cnc(CC)[nH]c1=O. The lowest BCUT2D eigenvalue weighted by atomic mass is 10.3. The van der Waals surface area contributed by atoms with Crippen LogP contribution in [0, 0.1) is 0 Å². The van der Waals surface area contributed by atoms with Crippen molar-refractivity contribution < 1.29 is 9.53 Å². The van der Waals surface area contributed by atoms with Crippen LogP contribution in [0.15, 0.2) is 11.0 Å². The van der Waals surface area contributed by atoms with Gasteiger partial charge in [-0.25, -0.2) is 9.78 Å². The van der Waals surface area contributed by atoms with E-state index in [2.05, 4.69) is 14.7 Å². The van der Waals surface area contributed by atoms with Gasteiger partial charge >= 0.3 is 5.97 Å². The molecule has 0 aliphatic rings. The van der Waals surface area contributed by atoms with E-state index in [1.54, 1.807) is 6.92 Å². The van der Waals surface area contributed by atoms with E-state index in [0.717, 1.165) is 0 Å². The molecule has 0 bridgehead atoms. The molecule has 0 amide bonds. The van der Waals surface area contributed by atoms with E-state index in [9.17, 15) is 9.59 Å². The van der Waals surface area contributed by atoms with Crippen molar-refractivity contribution in [1.82, 2.24) is 9.97 Å². The summed E-state index contributed by atoms with van der Waals surface area (Å²) in [5, 5.41) is 0. The van der Waals surface area contributed by atoms with E-state index in [4.69, 9.17) is 0 Å². The number of carbonyl (C=O) groups excluding carboxylic acids is 1. The molecule has 0 atom stereocenters. The van der Waals surface area contributed by atoms with Crippen LogP contribution in [0.3, 0.4) is 0 Å². The van der Waals surface area contributed by atoms with Gasteiger partial charge in [-0.05, 0) is 6.92 Å². The van der Waals surface area contributed by atoms with Crippen molar-refractivity contribution in [3.8, 4) is 0 Å². The summed E-state index contributed by atoms with van der Waals surface area (Å²) in [6, 6.07) is 0. The summed E-state index contributed by atoms with van der Waals surface area (Å²) in [5.41, 5.74) is -0.501. The molecule has 14 heavy (non-hydrogen) atoms. The van der Waals surface area contributed by atoms with E-state index in [1.807, 2.05) is 6.92 Å². The predicted octanol–water partition coefficient (Wildman–Crippen LogP) is 0.509. The Kier molecular flexibility index (Phi) is 3.39. The number of carbonyl (C=O) groups is 1. The topological polar surface area (TPSA) is 72.0 Å². The Balaban J connectivity index is 3.00. The van der Waals surface area contributed by atoms with Crippen LogP contribution in [-0.2, 0) is 11.2 Å². The zero-order chi connectivity index (χ0) is 10.6. The first-order valence-corrected chi connectivity index (χ1v) is 4.44. The quantitative estimate of drug-likeness (QED) is 0.715. The maximum atomic E-state index is 11.3. The minimum atomic E-state index is -0.635. The number of ether oxygens (including phenoxy) is 1. The number of nitrogens with zero attached hydrogens (tertiary/aromatic N) is 1. The van der Waals surface area contributed by atoms with E-state index < -0.39 is 11.5 Å². The first-order chi connectivity index (χ1) is 6.69. The summed E-state index contributed by atoms with van der Waals surface area (Å²) in [6.45, 7) is 3.79. The van der Waals surface area contributed by atoms with Gasteiger partial charge in [-0.3, -0.25) is 4.79 Å². The molecule has 76 valence electrons. The third-order valence-electron chi connectivity index (χ3n) is 1.68. The number of hydrogen-bond donors (Lipinski definition) is 1. The average molecular weight is 196 g/mol. The van der Waals surface area contributed by atoms with Crippen LogP contribution in [0.25, 0.3) is 0 Å². The second-order valence-corrected chi connectivity index (χ2v) is 2.65. The molecule has 0 radical (unpaired) electrons. The molecule has 5 nitrogen and oxygen atoms in total. The van der Waals surface area contributed by atoms with Crippen molar-refractivity contribution in [1.29, 1.82) is 0 Å². The number of nitrogens with one attached hydrogen (secondary N) is 1. The molecule has 1 aromatic rings. The van der Waals surface area contributed by atoms with Crippen LogP contribution >= 0.6 is 0 Å². The highest BCUT2D eigenvalue weighted by molar-refractivity contribution is 5.88. The Hall–Kier alpha value is -1.65. The Bertz CT molecular complexity index is 384. The molecule has 0 saturated heterocycles. The molecule has 5 heteroatoms. The average Bonchev–Trinajstić information content (AvgIpc) is 2.17. The zero-order valence-electron chi connectivity index (χ0n) is 8.16. The number of H-pyrrole nitrogens is 1. The Morgan fingerprint density at radius 3 is 2.79 bits per heavy atom. The van der Waals surface area contributed by atoms with E-state index in [-0.39, 0.29) is 12.2 Å². The maximum Gasteiger partial charge on any atom is 0.345 e. The summed E-state index contributed by atoms with van der Waals surface area (Å²) in [5.74, 6) is -0.0769. The van der Waals surface area contributed by atoms with Gasteiger partial charge in [0.15, 0.2) is 0 Å². The highest BCUT2D eigenvalue weighted by Crippen LogP contribution is 1.94. The Labute approximate surface area is 81.1 Å². The summed E-state index contributed by atoms with van der Waals surface area (Å²) in [4.78, 5) is 28.9. The molecule has 1 heterocycles. The van der Waals surface area contributed by atoms with Crippen molar-refractivity contribution in [3.05, 3.63) is 27.9 Å². The number of hydrogen-bond acceptors (Lipinski definition) is 4. The standard InChI is InChI=1S/C9H12N2O3/c1-3-7-10-5-6(8(12)11-7)9(13)14-4-2/h5H,3-4H2,1-2H3,(H,10,11,12). The van der Waals surface area contributed by atoms with Crippen LogP contribution in [0.4, 0.5) is 0 Å². The molecule has 1 rings (SSSR count). The smallest absolute Gasteiger partial charge is 0.345 e. The van der Waals surface area contributed by atoms with Crippen LogP contribution in [-0.4, -0.2) is 22.5 Å². The van der Waals surface area contributed by atoms with Gasteiger partial charge in [-0.15, -0.1) is 0 Å². The summed E-state index contributed by atoms with van der Waals surface area (Å²) >= 11 is 0. The lowest BCUT2D eigenvalue weighted by Gasteiger charge is -2.00. The molecule has 0 spiro atoms. The molecule has 0 aromatic carbocycles. The van der Waals surface area contributed by atoms with Crippen molar-refractivity contribution >= 4 is 5.97 Å². The number of aromatic nitrogens is 2. The molecule has 0 aliphatic heterocycles. The summed E-state index contributed by atoms with van der Waals surface area (Å²) < 4.78 is 4.68. The van der Waals surface area contributed by atoms with Crippen LogP contribution in [0.1, 0.15) is 30.0 Å². The molecule has 0 fully saturated rings. The summed E-state index contributed by atoms with van der Waals surface area (Å²) in [6.07, 6.45) is 1.87. The number of aryl methyl sites for hydroxylation is 1. The molecular weight excluding hydrogens is 184 g/mol. The Morgan fingerprint density at radius 1 is 1.57 bits per heavy atom. The van der Waals surface area contributed by atoms with Crippen LogP contribution in [0.5, 0.6) is 0 Å². The van der Waals surface area contributed by atoms with Crippen LogP contribution < -0.4 is 5.56 Å². The normalized spacial score (nSPS) is 9.86. The molecule has 0 saturated carbocycles. The first kappa shape index (κ1) is 10.4. The van der Waals surface area contributed by atoms with Gasteiger partial charge in [0.25, 0.3) is 5.56 Å². The molecule has 1 N–H and O–H groups in total. The third kappa shape index (κ3) is 2.18. The van der Waals surface area contributed by atoms with Crippen LogP contribution in [0.2, 0.25) is 0 Å². The third-order valence-corrected chi connectivity index (χ3v) is 1.68. The second-order valence-electron chi connectivity index (χ2n) is 2.65. The van der Waals surface area contributed by atoms with Crippen molar-refractivity contribution in [3.63, 3.8) is 0 Å². The first-order valence-electron chi connectivity index (χ1n) is 4.44. The second kappa shape index (κ2) is 4.55. The van der Waals surface area contributed by atoms with Gasteiger partial charge in [-0.1, -0.05) is 6.92 Å². The van der Waals surface area contributed by atoms with Gasteiger partial charge in [0.05, 0.1) is 6.61 Å². The fourth-order valence-electron chi connectivity index (χ4n) is 0.966. The molecule has 1 aromatic heterocycles. The number of esters is 1. The van der Waals surface area contributed by atoms with Crippen molar-refractivity contribution in [2.45, 2.75) is 20.3 Å². The minimum absolute atomic E-state index is 0.0518. The van der Waals surface area contributed by atoms with Gasteiger partial charge < -0.3 is 9.72 Å². The highest BCUT2D eigenvalue weighted by atomic mass is 16.5. The van der Waals surface area contributed by atoms with Crippen molar-refractivity contribution in [2.75, 3.05) is 6.61 Å². The van der Waals surface area contributed by atoms with Gasteiger partial charge in [0, 0.05) is 12.6 Å². The fraction of sp³-hybridized carbons (Fsp3) is 0.444. The molecular formula is C9H12N2O3. The monoisotopic (exact) mass is 196 g/mol. The Morgan fingerprint density at radius 2 is 2.29 bits per heavy atom. The largest absolute Gasteiger partial charge is 0.462 e. The van der Waals surface area contributed by atoms with Gasteiger partial charge in [-0.2, -0.15) is 0 Å². The lowest BCUT2D eigenvalue weighted by Crippen LogP contribution is -2.21. The van der Waals surface area contributed by atoms with Gasteiger partial charge in [0.2, 0.25) is 0 Å². The van der Waals surface area contributed by atoms with E-state index in [1.165, 1.54) is 6.20 Å². The van der Waals surface area contributed by atoms with Crippen molar-refractivity contribution in [2.24, 2.45) is 0 Å². The zero-order valence-corrected chi connectivity index (χ0v) is 8.16. The highest BCUT2D eigenvalue weighted by Gasteiger charge is 2.11.